The quantitative estimate of drug-likeness (QED) is 0.570. The average molecular weight is 386 g/mol. The van der Waals surface area contributed by atoms with Gasteiger partial charge in [-0.2, -0.15) is 0 Å². The zero-order valence-corrected chi connectivity index (χ0v) is 16.3. The number of aliphatic hydroxyl groups is 1. The van der Waals surface area contributed by atoms with Crippen LogP contribution in [0.2, 0.25) is 0 Å². The second-order valence-electron chi connectivity index (χ2n) is 6.76. The highest BCUT2D eigenvalue weighted by atomic mass is 16.6. The lowest BCUT2D eigenvalue weighted by Gasteiger charge is -2.35. The third-order valence-corrected chi connectivity index (χ3v) is 4.94. The summed E-state index contributed by atoms with van der Waals surface area (Å²) in [7, 11) is 0. The molecule has 3 rings (SSSR count). The summed E-state index contributed by atoms with van der Waals surface area (Å²) in [5.41, 5.74) is 1.87. The van der Waals surface area contributed by atoms with E-state index >= 15 is 0 Å². The SMILES string of the molecule is CCN(c1cccc(C)c1)c1ncnc(N2CCN(CCO)CC2)c1[N+](=O)[O-]. The van der Waals surface area contributed by atoms with Crippen molar-refractivity contribution in [2.75, 3.05) is 55.7 Å². The van der Waals surface area contributed by atoms with E-state index in [2.05, 4.69) is 14.9 Å². The predicted octanol–water partition coefficient (Wildman–Crippen LogP) is 1.97. The number of anilines is 3. The maximum Gasteiger partial charge on any atom is 0.353 e. The molecule has 0 radical (unpaired) electrons. The van der Waals surface area contributed by atoms with Gasteiger partial charge in [-0.15, -0.1) is 0 Å². The van der Waals surface area contributed by atoms with E-state index in [9.17, 15) is 10.1 Å². The van der Waals surface area contributed by atoms with E-state index in [0.29, 0.717) is 37.8 Å². The first-order chi connectivity index (χ1) is 13.5. The zero-order valence-electron chi connectivity index (χ0n) is 16.3. The Bertz CT molecular complexity index is 823. The number of benzene rings is 1. The number of aromatic nitrogens is 2. The van der Waals surface area contributed by atoms with Gasteiger partial charge in [0.05, 0.1) is 11.5 Å². The first-order valence-electron chi connectivity index (χ1n) is 9.47. The molecule has 1 aromatic carbocycles. The Morgan fingerprint density at radius 1 is 1.25 bits per heavy atom. The smallest absolute Gasteiger partial charge is 0.353 e. The van der Waals surface area contributed by atoms with E-state index in [0.717, 1.165) is 24.3 Å². The molecule has 1 fully saturated rings. The maximum atomic E-state index is 12.0. The molecule has 0 aliphatic carbocycles. The monoisotopic (exact) mass is 386 g/mol. The fourth-order valence-electron chi connectivity index (χ4n) is 3.53. The van der Waals surface area contributed by atoms with Gasteiger partial charge in [0, 0.05) is 45.0 Å². The van der Waals surface area contributed by atoms with Gasteiger partial charge in [0.15, 0.2) is 0 Å². The standard InChI is InChI=1S/C19H26N6O3/c1-3-24(16-6-4-5-15(2)13-16)19-17(25(27)28)18(20-14-21-19)23-9-7-22(8-10-23)11-12-26/h4-6,13-14,26H,3,7-12H2,1-2H3. The van der Waals surface area contributed by atoms with Crippen molar-refractivity contribution >= 4 is 23.0 Å². The third-order valence-electron chi connectivity index (χ3n) is 4.94. The Labute approximate surface area is 164 Å². The van der Waals surface area contributed by atoms with Gasteiger partial charge in [-0.05, 0) is 31.5 Å². The van der Waals surface area contributed by atoms with Crippen LogP contribution in [0, 0.1) is 17.0 Å². The second-order valence-corrected chi connectivity index (χ2v) is 6.76. The van der Waals surface area contributed by atoms with Crippen LogP contribution in [0.25, 0.3) is 0 Å². The summed E-state index contributed by atoms with van der Waals surface area (Å²) in [6, 6.07) is 7.84. The fourth-order valence-corrected chi connectivity index (χ4v) is 3.53. The van der Waals surface area contributed by atoms with Crippen molar-refractivity contribution in [1.82, 2.24) is 14.9 Å². The highest BCUT2D eigenvalue weighted by molar-refractivity contribution is 5.76. The van der Waals surface area contributed by atoms with Gasteiger partial charge in [0.1, 0.15) is 6.33 Å². The highest BCUT2D eigenvalue weighted by Crippen LogP contribution is 2.37. The normalized spacial score (nSPS) is 14.9. The van der Waals surface area contributed by atoms with E-state index in [1.54, 1.807) is 0 Å². The molecule has 2 heterocycles. The Hall–Kier alpha value is -2.78. The topological polar surface area (TPSA) is 98.9 Å². The number of nitro groups is 1. The van der Waals surface area contributed by atoms with Gasteiger partial charge < -0.3 is 14.9 Å². The largest absolute Gasteiger partial charge is 0.395 e. The van der Waals surface area contributed by atoms with E-state index in [-0.39, 0.29) is 17.2 Å². The summed E-state index contributed by atoms with van der Waals surface area (Å²) in [5.74, 6) is 0.658. The molecular weight excluding hydrogens is 360 g/mol. The van der Waals surface area contributed by atoms with Crippen LogP contribution in [-0.2, 0) is 0 Å². The summed E-state index contributed by atoms with van der Waals surface area (Å²) in [6.07, 6.45) is 1.40. The lowest BCUT2D eigenvalue weighted by molar-refractivity contribution is -0.383. The van der Waals surface area contributed by atoms with Crippen LogP contribution in [-0.4, -0.2) is 70.8 Å². The molecule has 0 spiro atoms. The van der Waals surface area contributed by atoms with Crippen LogP contribution in [0.4, 0.5) is 23.0 Å². The minimum absolute atomic E-state index is 0.0681. The Kier molecular flexibility index (Phi) is 6.37. The van der Waals surface area contributed by atoms with Crippen LogP contribution >= 0.6 is 0 Å². The molecule has 2 aromatic rings. The van der Waals surface area contributed by atoms with Gasteiger partial charge >= 0.3 is 5.69 Å². The van der Waals surface area contributed by atoms with Crippen LogP contribution < -0.4 is 9.80 Å². The van der Waals surface area contributed by atoms with Crippen molar-refractivity contribution in [1.29, 1.82) is 0 Å². The van der Waals surface area contributed by atoms with Gasteiger partial charge in [0.25, 0.3) is 0 Å². The van der Waals surface area contributed by atoms with Crippen LogP contribution in [0.5, 0.6) is 0 Å². The number of aliphatic hydroxyl groups excluding tert-OH is 1. The third kappa shape index (κ3) is 4.20. The number of hydrogen-bond acceptors (Lipinski definition) is 8. The van der Waals surface area contributed by atoms with Crippen molar-refractivity contribution in [3.63, 3.8) is 0 Å². The summed E-state index contributed by atoms with van der Waals surface area (Å²) in [4.78, 5) is 26.1. The lowest BCUT2D eigenvalue weighted by Crippen LogP contribution is -2.47. The molecule has 1 aliphatic rings. The summed E-state index contributed by atoms with van der Waals surface area (Å²) in [5, 5.41) is 21.1. The Balaban J connectivity index is 1.97. The maximum absolute atomic E-state index is 12.0. The number of nitrogens with zero attached hydrogens (tertiary/aromatic N) is 6. The average Bonchev–Trinajstić information content (AvgIpc) is 2.69. The number of aryl methyl sites for hydroxylation is 1. The fraction of sp³-hybridized carbons (Fsp3) is 0.474. The van der Waals surface area contributed by atoms with Crippen molar-refractivity contribution in [2.24, 2.45) is 0 Å². The molecule has 0 unspecified atom stereocenters. The molecule has 9 nitrogen and oxygen atoms in total. The van der Waals surface area contributed by atoms with E-state index in [4.69, 9.17) is 5.11 Å². The van der Waals surface area contributed by atoms with Crippen molar-refractivity contribution < 1.29 is 10.0 Å². The molecule has 150 valence electrons. The molecular formula is C19H26N6O3. The van der Waals surface area contributed by atoms with Crippen LogP contribution in [0.15, 0.2) is 30.6 Å². The molecule has 0 bridgehead atoms. The van der Waals surface area contributed by atoms with Gasteiger partial charge in [-0.3, -0.25) is 15.0 Å². The van der Waals surface area contributed by atoms with Crippen LogP contribution in [0.3, 0.4) is 0 Å². The minimum Gasteiger partial charge on any atom is -0.395 e. The molecule has 0 atom stereocenters. The van der Waals surface area contributed by atoms with Crippen molar-refractivity contribution in [3.05, 3.63) is 46.3 Å². The molecule has 0 saturated carbocycles. The molecule has 28 heavy (non-hydrogen) atoms. The minimum atomic E-state index is -0.386. The molecule has 0 amide bonds. The van der Waals surface area contributed by atoms with Crippen molar-refractivity contribution in [2.45, 2.75) is 13.8 Å². The zero-order chi connectivity index (χ0) is 20.1. The van der Waals surface area contributed by atoms with Gasteiger partial charge in [-0.1, -0.05) is 12.1 Å². The number of hydrogen-bond donors (Lipinski definition) is 1. The summed E-state index contributed by atoms with van der Waals surface area (Å²) in [6.45, 7) is 7.90. The number of β-amino-alcohol motifs (C(OH)–C–C–N with tert-alkyl or cyclic N) is 1. The number of rotatable bonds is 7. The highest BCUT2D eigenvalue weighted by Gasteiger charge is 2.31. The molecule has 1 aromatic heterocycles. The Morgan fingerprint density at radius 3 is 2.61 bits per heavy atom. The summed E-state index contributed by atoms with van der Waals surface area (Å²) < 4.78 is 0. The second kappa shape index (κ2) is 8.94. The van der Waals surface area contributed by atoms with Crippen molar-refractivity contribution in [3.8, 4) is 0 Å². The number of piperazine rings is 1. The van der Waals surface area contributed by atoms with Crippen LogP contribution in [0.1, 0.15) is 12.5 Å². The Morgan fingerprint density at radius 2 is 2.00 bits per heavy atom. The summed E-state index contributed by atoms with van der Waals surface area (Å²) >= 11 is 0. The molecule has 9 heteroatoms. The van der Waals surface area contributed by atoms with E-state index in [1.807, 2.05) is 47.9 Å². The van der Waals surface area contributed by atoms with E-state index in [1.165, 1.54) is 6.33 Å². The predicted molar refractivity (Wildman–Crippen MR) is 108 cm³/mol. The van der Waals surface area contributed by atoms with Gasteiger partial charge in [0.2, 0.25) is 11.6 Å². The molecule has 1 N–H and O–H groups in total. The molecule has 1 saturated heterocycles. The van der Waals surface area contributed by atoms with E-state index < -0.39 is 0 Å². The lowest BCUT2D eigenvalue weighted by atomic mass is 10.2. The molecule has 1 aliphatic heterocycles. The first kappa shape index (κ1) is 20.0. The first-order valence-corrected chi connectivity index (χ1v) is 9.47. The van der Waals surface area contributed by atoms with Gasteiger partial charge in [-0.25, -0.2) is 9.97 Å².